The van der Waals surface area contributed by atoms with E-state index in [1.165, 1.54) is 0 Å². The topological polar surface area (TPSA) is 37.8 Å². The smallest absolute Gasteiger partial charge is 0.224 e. The maximum Gasteiger partial charge on any atom is 0.224 e. The lowest BCUT2D eigenvalue weighted by Crippen LogP contribution is -2.06. The highest BCUT2D eigenvalue weighted by Crippen LogP contribution is 2.15. The van der Waals surface area contributed by atoms with Gasteiger partial charge in [0.15, 0.2) is 0 Å². The first-order valence-electron chi connectivity index (χ1n) is 3.66. The van der Waals surface area contributed by atoms with Crippen LogP contribution in [0.15, 0.2) is 18.3 Å². The molecule has 0 bridgehead atoms. The van der Waals surface area contributed by atoms with E-state index in [-0.39, 0.29) is 5.28 Å². The van der Waals surface area contributed by atoms with Crippen LogP contribution in [0.25, 0.3) is 0 Å². The van der Waals surface area contributed by atoms with E-state index in [9.17, 15) is 0 Å². The summed E-state index contributed by atoms with van der Waals surface area (Å²) in [5.41, 5.74) is 1.05. The Labute approximate surface area is 95.8 Å². The van der Waals surface area contributed by atoms with Gasteiger partial charge < -0.3 is 5.32 Å². The second kappa shape index (κ2) is 4.76. The molecule has 0 aliphatic heterocycles. The molecule has 0 fully saturated rings. The Morgan fingerprint density at radius 1 is 1.77 bits per heavy atom. The summed E-state index contributed by atoms with van der Waals surface area (Å²) in [6.07, 6.45) is 1.68. The molecule has 0 aliphatic carbocycles. The summed E-state index contributed by atoms with van der Waals surface area (Å²) in [4.78, 5) is 7.89. The Bertz CT molecular complexity index is 327. The molecule has 1 N–H and O–H groups in total. The van der Waals surface area contributed by atoms with Crippen LogP contribution in [0.1, 0.15) is 6.92 Å². The quantitative estimate of drug-likeness (QED) is 0.530. The average Bonchev–Trinajstić information content (AvgIpc) is 2.06. The summed E-state index contributed by atoms with van der Waals surface area (Å²) in [7, 11) is 0. The fraction of sp³-hybridized carbons (Fsp3) is 0.250. The van der Waals surface area contributed by atoms with Crippen molar-refractivity contribution in [3.05, 3.63) is 27.2 Å². The predicted molar refractivity (Wildman–Crippen MR) is 63.1 cm³/mol. The van der Waals surface area contributed by atoms with Crippen molar-refractivity contribution in [1.82, 2.24) is 9.97 Å². The van der Waals surface area contributed by atoms with E-state index in [2.05, 4.69) is 44.5 Å². The van der Waals surface area contributed by atoms with Crippen molar-refractivity contribution in [2.45, 2.75) is 6.92 Å². The minimum absolute atomic E-state index is 0.254. The summed E-state index contributed by atoms with van der Waals surface area (Å²) in [6, 6.07) is 0. The van der Waals surface area contributed by atoms with Crippen LogP contribution in [0.3, 0.4) is 0 Å². The second-order valence-corrected chi connectivity index (χ2v) is 4.15. The summed E-state index contributed by atoms with van der Waals surface area (Å²) in [6.45, 7) is 6.43. The number of aromatic nitrogens is 2. The zero-order chi connectivity index (χ0) is 9.84. The van der Waals surface area contributed by atoms with Gasteiger partial charge in [-0.25, -0.2) is 4.98 Å². The molecule has 1 heterocycles. The van der Waals surface area contributed by atoms with Crippen molar-refractivity contribution in [2.24, 2.45) is 0 Å². The molecule has 1 aromatic heterocycles. The van der Waals surface area contributed by atoms with Crippen LogP contribution in [0, 0.1) is 3.57 Å². The maximum atomic E-state index is 5.64. The molecule has 0 saturated carbocycles. The van der Waals surface area contributed by atoms with E-state index >= 15 is 0 Å². The van der Waals surface area contributed by atoms with Crippen LogP contribution in [-0.2, 0) is 0 Å². The van der Waals surface area contributed by atoms with E-state index in [1.807, 2.05) is 6.92 Å². The van der Waals surface area contributed by atoms with Crippen LogP contribution >= 0.6 is 34.2 Å². The Morgan fingerprint density at radius 3 is 3.08 bits per heavy atom. The monoisotopic (exact) mass is 309 g/mol. The van der Waals surface area contributed by atoms with Crippen molar-refractivity contribution in [3.63, 3.8) is 0 Å². The summed E-state index contributed by atoms with van der Waals surface area (Å²) in [5, 5.41) is 3.36. The molecule has 0 radical (unpaired) electrons. The van der Waals surface area contributed by atoms with Crippen LogP contribution in [0.2, 0.25) is 5.28 Å². The number of anilines is 1. The lowest BCUT2D eigenvalue weighted by Gasteiger charge is -2.06. The van der Waals surface area contributed by atoms with Crippen LogP contribution < -0.4 is 5.32 Å². The maximum absolute atomic E-state index is 5.64. The van der Waals surface area contributed by atoms with Gasteiger partial charge in [0.05, 0.1) is 3.57 Å². The molecule has 0 aliphatic rings. The first-order valence-corrected chi connectivity index (χ1v) is 5.11. The lowest BCUT2D eigenvalue weighted by molar-refractivity contribution is 1.10. The van der Waals surface area contributed by atoms with E-state index in [0.717, 1.165) is 15.0 Å². The van der Waals surface area contributed by atoms with E-state index in [1.54, 1.807) is 6.20 Å². The SMILES string of the molecule is C=C(C)CNc1nc(Cl)ncc1I. The summed E-state index contributed by atoms with van der Waals surface area (Å²) < 4.78 is 0.947. The molecule has 0 saturated heterocycles. The molecule has 70 valence electrons. The van der Waals surface area contributed by atoms with Crippen molar-refractivity contribution in [3.8, 4) is 0 Å². The Hall–Kier alpha value is -0.360. The molecule has 0 aromatic carbocycles. The van der Waals surface area contributed by atoms with Crippen LogP contribution in [0.5, 0.6) is 0 Å². The molecular weight excluding hydrogens is 300 g/mol. The van der Waals surface area contributed by atoms with Gasteiger partial charge in [-0.3, -0.25) is 0 Å². The second-order valence-electron chi connectivity index (χ2n) is 2.65. The molecule has 0 atom stereocenters. The molecule has 3 nitrogen and oxygen atoms in total. The van der Waals surface area contributed by atoms with Gasteiger partial charge in [0, 0.05) is 12.7 Å². The Morgan fingerprint density at radius 2 is 2.46 bits per heavy atom. The number of rotatable bonds is 3. The molecule has 1 aromatic rings. The van der Waals surface area contributed by atoms with E-state index < -0.39 is 0 Å². The highest BCUT2D eigenvalue weighted by atomic mass is 127. The van der Waals surface area contributed by atoms with E-state index in [0.29, 0.717) is 6.54 Å². The molecule has 0 spiro atoms. The minimum atomic E-state index is 0.254. The fourth-order valence-electron chi connectivity index (χ4n) is 0.704. The van der Waals surface area contributed by atoms with Gasteiger partial charge in [-0.15, -0.1) is 0 Å². The summed E-state index contributed by atoms with van der Waals surface area (Å²) in [5.74, 6) is 0.753. The van der Waals surface area contributed by atoms with Gasteiger partial charge in [-0.05, 0) is 41.1 Å². The fourth-order valence-corrected chi connectivity index (χ4v) is 1.29. The molecule has 5 heteroatoms. The van der Waals surface area contributed by atoms with E-state index in [4.69, 9.17) is 11.6 Å². The number of halogens is 2. The van der Waals surface area contributed by atoms with Crippen molar-refractivity contribution >= 4 is 40.0 Å². The third kappa shape index (κ3) is 3.48. The van der Waals surface area contributed by atoms with Crippen molar-refractivity contribution < 1.29 is 0 Å². The van der Waals surface area contributed by atoms with Gasteiger partial charge >= 0.3 is 0 Å². The average molecular weight is 310 g/mol. The first-order chi connectivity index (χ1) is 6.09. The van der Waals surface area contributed by atoms with Crippen molar-refractivity contribution in [2.75, 3.05) is 11.9 Å². The zero-order valence-corrected chi connectivity index (χ0v) is 10.1. The number of nitrogens with one attached hydrogen (secondary N) is 1. The highest BCUT2D eigenvalue weighted by Gasteiger charge is 2.01. The van der Waals surface area contributed by atoms with Crippen LogP contribution in [-0.4, -0.2) is 16.5 Å². The summed E-state index contributed by atoms with van der Waals surface area (Å²) >= 11 is 7.79. The molecule has 13 heavy (non-hydrogen) atoms. The number of hydrogen-bond acceptors (Lipinski definition) is 3. The predicted octanol–water partition coefficient (Wildman–Crippen LogP) is 2.72. The van der Waals surface area contributed by atoms with Gasteiger partial charge in [0.25, 0.3) is 0 Å². The molecule has 1 rings (SSSR count). The standard InChI is InChI=1S/C8H9ClIN3/c1-5(2)3-11-7-6(10)4-12-8(9)13-7/h4H,1,3H2,2H3,(H,11,12,13). The van der Waals surface area contributed by atoms with Crippen molar-refractivity contribution in [1.29, 1.82) is 0 Å². The third-order valence-corrected chi connectivity index (χ3v) is 2.24. The Kier molecular flexibility index (Phi) is 3.92. The van der Waals surface area contributed by atoms with Crippen LogP contribution in [0.4, 0.5) is 5.82 Å². The van der Waals surface area contributed by atoms with Gasteiger partial charge in [0.1, 0.15) is 5.82 Å². The third-order valence-electron chi connectivity index (χ3n) is 1.27. The minimum Gasteiger partial charge on any atom is -0.365 e. The number of hydrogen-bond donors (Lipinski definition) is 1. The molecule has 0 amide bonds. The molecular formula is C8H9ClIN3. The normalized spacial score (nSPS) is 9.77. The number of nitrogens with zero attached hydrogens (tertiary/aromatic N) is 2. The lowest BCUT2D eigenvalue weighted by atomic mass is 10.3. The molecule has 0 unspecified atom stereocenters. The Balaban J connectivity index is 2.75. The van der Waals surface area contributed by atoms with Gasteiger partial charge in [0.2, 0.25) is 5.28 Å². The van der Waals surface area contributed by atoms with Gasteiger partial charge in [-0.1, -0.05) is 12.2 Å². The van der Waals surface area contributed by atoms with Gasteiger partial charge in [-0.2, -0.15) is 4.98 Å². The largest absolute Gasteiger partial charge is 0.365 e. The zero-order valence-electron chi connectivity index (χ0n) is 7.14. The highest BCUT2D eigenvalue weighted by molar-refractivity contribution is 14.1. The first kappa shape index (κ1) is 10.7.